The van der Waals surface area contributed by atoms with Crippen molar-refractivity contribution in [1.82, 2.24) is 9.88 Å². The van der Waals surface area contributed by atoms with Crippen LogP contribution in [0.15, 0.2) is 54.6 Å². The van der Waals surface area contributed by atoms with Crippen LogP contribution in [0.5, 0.6) is 0 Å². The first kappa shape index (κ1) is 27.1. The number of fused-ring (bicyclic) bond motifs is 1. The summed E-state index contributed by atoms with van der Waals surface area (Å²) in [6, 6.07) is 19.6. The van der Waals surface area contributed by atoms with Gasteiger partial charge in [-0.05, 0) is 41.8 Å². The number of carboxylic acids is 2. The van der Waals surface area contributed by atoms with Gasteiger partial charge in [-0.2, -0.15) is 0 Å². The number of benzene rings is 2. The number of carbonyl (C=O) groups is 2. The van der Waals surface area contributed by atoms with Crippen LogP contribution in [0.1, 0.15) is 18.2 Å². The minimum atomic E-state index is -1.82. The van der Waals surface area contributed by atoms with E-state index in [1.165, 1.54) is 22.0 Å². The van der Waals surface area contributed by atoms with Gasteiger partial charge in [0, 0.05) is 50.3 Å². The molecule has 0 atom stereocenters. The van der Waals surface area contributed by atoms with Gasteiger partial charge in [0.2, 0.25) is 0 Å². The smallest absolute Gasteiger partial charge is 0.414 e. The lowest BCUT2D eigenvalue weighted by Crippen LogP contribution is -2.46. The summed E-state index contributed by atoms with van der Waals surface area (Å²) in [7, 11) is 0. The number of nitrogens with zero attached hydrogens (tertiary/aromatic N) is 4. The first-order valence-corrected chi connectivity index (χ1v) is 12.9. The van der Waals surface area contributed by atoms with Crippen LogP contribution in [-0.4, -0.2) is 91.1 Å². The molecule has 9 heteroatoms. The number of likely N-dealkylation sites (N-methyl/N-ethyl adjacent to an activating group) is 1. The topological polar surface area (TPSA) is 106 Å². The number of aliphatic carboxylic acids is 2. The molecule has 2 aliphatic rings. The molecular weight excluding hydrogens is 484 g/mol. The van der Waals surface area contributed by atoms with Crippen molar-refractivity contribution in [3.63, 3.8) is 0 Å². The van der Waals surface area contributed by atoms with E-state index in [0.717, 1.165) is 70.5 Å². The Labute approximate surface area is 222 Å². The van der Waals surface area contributed by atoms with E-state index in [4.69, 9.17) is 29.5 Å². The lowest BCUT2D eigenvalue weighted by atomic mass is 10.1. The van der Waals surface area contributed by atoms with E-state index in [1.54, 1.807) is 0 Å². The first-order valence-electron chi connectivity index (χ1n) is 12.9. The van der Waals surface area contributed by atoms with E-state index in [-0.39, 0.29) is 0 Å². The van der Waals surface area contributed by atoms with Gasteiger partial charge in [-0.15, -0.1) is 0 Å². The fourth-order valence-electron chi connectivity index (χ4n) is 4.63. The van der Waals surface area contributed by atoms with E-state index in [0.29, 0.717) is 0 Å². The second-order valence-electron chi connectivity index (χ2n) is 9.15. The van der Waals surface area contributed by atoms with Gasteiger partial charge in [-0.3, -0.25) is 0 Å². The van der Waals surface area contributed by atoms with Gasteiger partial charge in [0.1, 0.15) is 5.82 Å². The highest BCUT2D eigenvalue weighted by Gasteiger charge is 2.19. The second kappa shape index (κ2) is 13.0. The van der Waals surface area contributed by atoms with Crippen LogP contribution in [0.4, 0.5) is 11.5 Å². The average Bonchev–Trinajstić information content (AvgIpc) is 2.96. The molecule has 0 radical (unpaired) electrons. The zero-order chi connectivity index (χ0) is 26.9. The number of ether oxygens (including phenoxy) is 1. The van der Waals surface area contributed by atoms with Crippen LogP contribution in [0.3, 0.4) is 0 Å². The standard InChI is InChI=1S/C27H32N4O.C2H2O4/c1-2-29-12-14-31(15-13-29)27-26-9-4-3-7-23(26)21-24(28-27)11-10-22-6-5-8-25(20-22)30-16-18-32-19-17-30;3-1(4)2(5)6/h3-11,20-21H,2,12-19H2,1H3;(H,3,4)(H,5,6). The minimum absolute atomic E-state index is 0.802. The normalized spacial score (nSPS) is 16.3. The number of morpholine rings is 1. The Kier molecular flexibility index (Phi) is 9.29. The van der Waals surface area contributed by atoms with Gasteiger partial charge in [0.05, 0.1) is 18.9 Å². The number of pyridine rings is 1. The zero-order valence-electron chi connectivity index (χ0n) is 21.6. The highest BCUT2D eigenvalue weighted by Crippen LogP contribution is 2.28. The highest BCUT2D eigenvalue weighted by molar-refractivity contribution is 6.27. The van der Waals surface area contributed by atoms with Crippen molar-refractivity contribution in [3.8, 4) is 0 Å². The molecule has 1 aromatic heterocycles. The molecular formula is C29H34N4O5. The van der Waals surface area contributed by atoms with Gasteiger partial charge < -0.3 is 29.6 Å². The van der Waals surface area contributed by atoms with Gasteiger partial charge in [0.25, 0.3) is 0 Å². The molecule has 9 nitrogen and oxygen atoms in total. The summed E-state index contributed by atoms with van der Waals surface area (Å²) in [4.78, 5) is 30.6. The minimum Gasteiger partial charge on any atom is -0.473 e. The van der Waals surface area contributed by atoms with Crippen molar-refractivity contribution in [3.05, 3.63) is 65.9 Å². The third-order valence-electron chi connectivity index (χ3n) is 6.74. The molecule has 200 valence electrons. The SMILES string of the molecule is CCN1CCN(c2nc(C=Cc3cccc(N4CCOCC4)c3)cc3ccccc23)CC1.O=C(O)C(=O)O. The first-order chi connectivity index (χ1) is 18.4. The molecule has 5 rings (SSSR count). The Morgan fingerprint density at radius 1 is 0.868 bits per heavy atom. The van der Waals surface area contributed by atoms with Crippen molar-refractivity contribution in [2.24, 2.45) is 0 Å². The molecule has 3 heterocycles. The van der Waals surface area contributed by atoms with Crippen molar-refractivity contribution >= 4 is 46.4 Å². The second-order valence-corrected chi connectivity index (χ2v) is 9.15. The number of piperazine rings is 1. The zero-order valence-corrected chi connectivity index (χ0v) is 21.6. The molecule has 2 aliphatic heterocycles. The number of hydrogen-bond donors (Lipinski definition) is 2. The Morgan fingerprint density at radius 2 is 1.58 bits per heavy atom. The number of anilines is 2. The molecule has 38 heavy (non-hydrogen) atoms. The molecule has 0 bridgehead atoms. The number of hydrogen-bond acceptors (Lipinski definition) is 7. The molecule has 0 amide bonds. The predicted molar refractivity (Wildman–Crippen MR) is 150 cm³/mol. The van der Waals surface area contributed by atoms with Gasteiger partial charge in [0.15, 0.2) is 0 Å². The summed E-state index contributed by atoms with van der Waals surface area (Å²) in [6.45, 7) is 11.1. The number of rotatable bonds is 5. The molecule has 0 unspecified atom stereocenters. The average molecular weight is 519 g/mol. The Bertz CT molecular complexity index is 1270. The van der Waals surface area contributed by atoms with Crippen LogP contribution in [0.2, 0.25) is 0 Å². The molecule has 2 saturated heterocycles. The molecule has 2 N–H and O–H groups in total. The summed E-state index contributed by atoms with van der Waals surface area (Å²) >= 11 is 0. The third kappa shape index (κ3) is 7.08. The van der Waals surface area contributed by atoms with Gasteiger partial charge in [-0.1, -0.05) is 49.4 Å². The molecule has 0 spiro atoms. The summed E-state index contributed by atoms with van der Waals surface area (Å²) in [5, 5.41) is 17.3. The summed E-state index contributed by atoms with van der Waals surface area (Å²) < 4.78 is 5.49. The summed E-state index contributed by atoms with van der Waals surface area (Å²) in [6.07, 6.45) is 4.33. The van der Waals surface area contributed by atoms with Crippen molar-refractivity contribution < 1.29 is 24.5 Å². The van der Waals surface area contributed by atoms with Crippen LogP contribution < -0.4 is 9.80 Å². The molecule has 0 saturated carbocycles. The predicted octanol–water partition coefficient (Wildman–Crippen LogP) is 3.54. The fourth-order valence-corrected chi connectivity index (χ4v) is 4.63. The van der Waals surface area contributed by atoms with Crippen molar-refractivity contribution in [2.45, 2.75) is 6.92 Å². The molecule has 0 aliphatic carbocycles. The van der Waals surface area contributed by atoms with E-state index < -0.39 is 11.9 Å². The largest absolute Gasteiger partial charge is 0.473 e. The Morgan fingerprint density at radius 3 is 2.26 bits per heavy atom. The van der Waals surface area contributed by atoms with Crippen molar-refractivity contribution in [1.29, 1.82) is 0 Å². The maximum absolute atomic E-state index is 9.10. The van der Waals surface area contributed by atoms with E-state index in [2.05, 4.69) is 88.4 Å². The van der Waals surface area contributed by atoms with Crippen LogP contribution in [0.25, 0.3) is 22.9 Å². The van der Waals surface area contributed by atoms with Gasteiger partial charge >= 0.3 is 11.9 Å². The van der Waals surface area contributed by atoms with E-state index >= 15 is 0 Å². The lowest BCUT2D eigenvalue weighted by molar-refractivity contribution is -0.159. The van der Waals surface area contributed by atoms with Crippen molar-refractivity contribution in [2.75, 3.05) is 68.8 Å². The molecule has 2 aromatic carbocycles. The maximum Gasteiger partial charge on any atom is 0.414 e. The Balaban J connectivity index is 0.000000505. The Hall–Kier alpha value is -3.95. The molecule has 2 fully saturated rings. The lowest BCUT2D eigenvalue weighted by Gasteiger charge is -2.35. The summed E-state index contributed by atoms with van der Waals surface area (Å²) in [5.41, 5.74) is 3.46. The monoisotopic (exact) mass is 518 g/mol. The van der Waals surface area contributed by atoms with Gasteiger partial charge in [-0.25, -0.2) is 14.6 Å². The third-order valence-corrected chi connectivity index (χ3v) is 6.74. The number of carboxylic acid groups (broad SMARTS) is 2. The van der Waals surface area contributed by atoms with Crippen LogP contribution >= 0.6 is 0 Å². The fraction of sp³-hybridized carbons (Fsp3) is 0.345. The van der Waals surface area contributed by atoms with E-state index in [9.17, 15) is 0 Å². The van der Waals surface area contributed by atoms with E-state index in [1.807, 2.05) is 0 Å². The molecule has 3 aromatic rings. The summed E-state index contributed by atoms with van der Waals surface area (Å²) in [5.74, 6) is -2.54. The highest BCUT2D eigenvalue weighted by atomic mass is 16.5. The van der Waals surface area contributed by atoms with Crippen LogP contribution in [0, 0.1) is 0 Å². The maximum atomic E-state index is 9.10. The van der Waals surface area contributed by atoms with Crippen LogP contribution in [-0.2, 0) is 14.3 Å². The number of aromatic nitrogens is 1. The quantitative estimate of drug-likeness (QED) is 0.491.